The van der Waals surface area contributed by atoms with E-state index in [1.54, 1.807) is 12.0 Å². The average Bonchev–Trinajstić information content (AvgIpc) is 2.65. The van der Waals surface area contributed by atoms with Gasteiger partial charge in [-0.05, 0) is 6.42 Å². The van der Waals surface area contributed by atoms with Crippen molar-refractivity contribution in [3.63, 3.8) is 0 Å². The highest BCUT2D eigenvalue weighted by Gasteiger charge is 2.28. The monoisotopic (exact) mass is 238 g/mol. The first kappa shape index (κ1) is 14.6. The Bertz CT molecular complexity index is 204. The Morgan fingerprint density at radius 3 is 2.73 bits per heavy atom. The Morgan fingerprint density at radius 1 is 1.60 bits per heavy atom. The highest BCUT2D eigenvalue weighted by Crippen LogP contribution is 2.12. The Balaban J connectivity index is 0.00000196. The SMILES string of the molecule is COCC(N)C(=O)N1CC[C@@H](OC)C1.Cl. The maximum atomic E-state index is 11.7. The van der Waals surface area contributed by atoms with Gasteiger partial charge in [0.2, 0.25) is 5.91 Å². The molecular formula is C9H19ClN2O3. The topological polar surface area (TPSA) is 64.8 Å². The van der Waals surface area contributed by atoms with Gasteiger partial charge in [0.1, 0.15) is 6.04 Å². The molecule has 0 aromatic rings. The van der Waals surface area contributed by atoms with Gasteiger partial charge < -0.3 is 20.1 Å². The summed E-state index contributed by atoms with van der Waals surface area (Å²) in [6, 6.07) is -0.546. The van der Waals surface area contributed by atoms with Crippen molar-refractivity contribution in [1.82, 2.24) is 4.90 Å². The maximum Gasteiger partial charge on any atom is 0.241 e. The van der Waals surface area contributed by atoms with Gasteiger partial charge in [-0.15, -0.1) is 12.4 Å². The van der Waals surface area contributed by atoms with Gasteiger partial charge in [-0.25, -0.2) is 0 Å². The number of nitrogens with zero attached hydrogens (tertiary/aromatic N) is 1. The Morgan fingerprint density at radius 2 is 2.27 bits per heavy atom. The highest BCUT2D eigenvalue weighted by atomic mass is 35.5. The number of nitrogens with two attached hydrogens (primary N) is 1. The molecule has 1 saturated heterocycles. The summed E-state index contributed by atoms with van der Waals surface area (Å²) in [7, 11) is 3.20. The number of rotatable bonds is 4. The number of carbonyl (C=O) groups is 1. The number of hydrogen-bond acceptors (Lipinski definition) is 4. The molecule has 0 aromatic carbocycles. The zero-order valence-corrected chi connectivity index (χ0v) is 9.96. The first-order chi connectivity index (χ1) is 6.69. The van der Waals surface area contributed by atoms with Crippen molar-refractivity contribution in [2.45, 2.75) is 18.6 Å². The van der Waals surface area contributed by atoms with Crippen LogP contribution in [0.25, 0.3) is 0 Å². The minimum absolute atomic E-state index is 0. The van der Waals surface area contributed by atoms with Crippen LogP contribution in [0.2, 0.25) is 0 Å². The van der Waals surface area contributed by atoms with Gasteiger partial charge in [0.15, 0.2) is 0 Å². The summed E-state index contributed by atoms with van der Waals surface area (Å²) < 4.78 is 10.00. The third kappa shape index (κ3) is 3.95. The molecule has 0 spiro atoms. The molecule has 1 aliphatic heterocycles. The van der Waals surface area contributed by atoms with Crippen molar-refractivity contribution in [3.8, 4) is 0 Å². The van der Waals surface area contributed by atoms with E-state index in [1.165, 1.54) is 7.11 Å². The molecule has 1 heterocycles. The van der Waals surface area contributed by atoms with Gasteiger partial charge in [0.25, 0.3) is 0 Å². The smallest absolute Gasteiger partial charge is 0.241 e. The van der Waals surface area contributed by atoms with E-state index in [4.69, 9.17) is 15.2 Å². The van der Waals surface area contributed by atoms with Crippen LogP contribution < -0.4 is 5.73 Å². The lowest BCUT2D eigenvalue weighted by molar-refractivity contribution is -0.133. The van der Waals surface area contributed by atoms with Gasteiger partial charge in [0, 0.05) is 27.3 Å². The third-order valence-electron chi connectivity index (χ3n) is 2.45. The summed E-state index contributed by atoms with van der Waals surface area (Å²) in [5.74, 6) is -0.0496. The summed E-state index contributed by atoms with van der Waals surface area (Å²) in [5.41, 5.74) is 5.64. The number of likely N-dealkylation sites (tertiary alicyclic amines) is 1. The largest absolute Gasteiger partial charge is 0.383 e. The lowest BCUT2D eigenvalue weighted by atomic mass is 10.3. The quantitative estimate of drug-likeness (QED) is 0.726. The minimum Gasteiger partial charge on any atom is -0.383 e. The van der Waals surface area contributed by atoms with Gasteiger partial charge >= 0.3 is 0 Å². The molecule has 5 nitrogen and oxygen atoms in total. The zero-order valence-electron chi connectivity index (χ0n) is 9.14. The molecule has 0 saturated carbocycles. The number of hydrogen-bond donors (Lipinski definition) is 1. The van der Waals surface area contributed by atoms with Crippen LogP contribution in [0.1, 0.15) is 6.42 Å². The molecule has 0 aromatic heterocycles. The molecule has 90 valence electrons. The Hall–Kier alpha value is -0.360. The van der Waals surface area contributed by atoms with E-state index >= 15 is 0 Å². The van der Waals surface area contributed by atoms with E-state index in [-0.39, 0.29) is 31.0 Å². The number of amides is 1. The fraction of sp³-hybridized carbons (Fsp3) is 0.889. The van der Waals surface area contributed by atoms with Crippen molar-refractivity contribution in [2.75, 3.05) is 33.9 Å². The van der Waals surface area contributed by atoms with Crippen LogP contribution in [0.4, 0.5) is 0 Å². The molecule has 1 aliphatic rings. The molecule has 0 bridgehead atoms. The maximum absolute atomic E-state index is 11.7. The van der Waals surface area contributed by atoms with Crippen molar-refractivity contribution in [2.24, 2.45) is 5.73 Å². The zero-order chi connectivity index (χ0) is 10.6. The molecule has 1 amide bonds. The summed E-state index contributed by atoms with van der Waals surface area (Å²) in [4.78, 5) is 13.4. The van der Waals surface area contributed by atoms with Gasteiger partial charge in [-0.2, -0.15) is 0 Å². The molecule has 1 unspecified atom stereocenters. The lowest BCUT2D eigenvalue weighted by Crippen LogP contribution is -2.45. The molecule has 15 heavy (non-hydrogen) atoms. The van der Waals surface area contributed by atoms with Crippen molar-refractivity contribution >= 4 is 18.3 Å². The van der Waals surface area contributed by atoms with E-state index in [0.29, 0.717) is 6.54 Å². The van der Waals surface area contributed by atoms with Gasteiger partial charge in [0.05, 0.1) is 12.7 Å². The average molecular weight is 239 g/mol. The van der Waals surface area contributed by atoms with E-state index in [1.807, 2.05) is 0 Å². The highest BCUT2D eigenvalue weighted by molar-refractivity contribution is 5.85. The minimum atomic E-state index is -0.546. The van der Waals surface area contributed by atoms with Crippen LogP contribution in [0.5, 0.6) is 0 Å². The van der Waals surface area contributed by atoms with E-state index in [0.717, 1.165) is 13.0 Å². The molecular weight excluding hydrogens is 220 g/mol. The second-order valence-corrected chi connectivity index (χ2v) is 3.49. The molecule has 1 rings (SSSR count). The number of halogens is 1. The summed E-state index contributed by atoms with van der Waals surface area (Å²) >= 11 is 0. The fourth-order valence-electron chi connectivity index (χ4n) is 1.61. The molecule has 0 aliphatic carbocycles. The van der Waals surface area contributed by atoms with Crippen molar-refractivity contribution < 1.29 is 14.3 Å². The summed E-state index contributed by atoms with van der Waals surface area (Å²) in [5, 5.41) is 0. The number of ether oxygens (including phenoxy) is 2. The second kappa shape index (κ2) is 7.00. The van der Waals surface area contributed by atoms with Crippen LogP contribution in [-0.2, 0) is 14.3 Å². The summed E-state index contributed by atoms with van der Waals surface area (Å²) in [6.45, 7) is 1.65. The van der Waals surface area contributed by atoms with Crippen LogP contribution in [0, 0.1) is 0 Å². The number of carbonyl (C=O) groups excluding carboxylic acids is 1. The van der Waals surface area contributed by atoms with Crippen LogP contribution in [0.15, 0.2) is 0 Å². The summed E-state index contributed by atoms with van der Waals surface area (Å²) in [6.07, 6.45) is 1.05. The van der Waals surface area contributed by atoms with Gasteiger partial charge in [-0.3, -0.25) is 4.79 Å². The molecule has 1 fully saturated rings. The standard InChI is InChI=1S/C9H18N2O3.ClH/c1-13-6-8(10)9(12)11-4-3-7(5-11)14-2;/h7-8H,3-6,10H2,1-2H3;1H/t7-,8?;/m1./s1. The Labute approximate surface area is 96.3 Å². The van der Waals surface area contributed by atoms with Crippen molar-refractivity contribution in [1.29, 1.82) is 0 Å². The first-order valence-corrected chi connectivity index (χ1v) is 4.75. The predicted molar refractivity (Wildman–Crippen MR) is 59.1 cm³/mol. The molecule has 2 atom stereocenters. The second-order valence-electron chi connectivity index (χ2n) is 3.49. The normalized spacial score (nSPS) is 22.3. The van der Waals surface area contributed by atoms with E-state index in [2.05, 4.69) is 0 Å². The van der Waals surface area contributed by atoms with Crippen LogP contribution >= 0.6 is 12.4 Å². The fourth-order valence-corrected chi connectivity index (χ4v) is 1.61. The van der Waals surface area contributed by atoms with Crippen molar-refractivity contribution in [3.05, 3.63) is 0 Å². The van der Waals surface area contributed by atoms with E-state index in [9.17, 15) is 4.79 Å². The third-order valence-corrected chi connectivity index (χ3v) is 2.45. The first-order valence-electron chi connectivity index (χ1n) is 4.75. The predicted octanol–water partition coefficient (Wildman–Crippen LogP) is -0.371. The van der Waals surface area contributed by atoms with Crippen LogP contribution in [0.3, 0.4) is 0 Å². The van der Waals surface area contributed by atoms with E-state index < -0.39 is 6.04 Å². The lowest BCUT2D eigenvalue weighted by Gasteiger charge is -2.20. The van der Waals surface area contributed by atoms with Crippen LogP contribution in [-0.4, -0.2) is 56.9 Å². The van der Waals surface area contributed by atoms with Gasteiger partial charge in [-0.1, -0.05) is 0 Å². The number of methoxy groups -OCH3 is 2. The Kier molecular flexibility index (Phi) is 6.84. The molecule has 0 radical (unpaired) electrons. The molecule has 6 heteroatoms. The molecule has 2 N–H and O–H groups in total.